The normalized spacial score (nSPS) is 30.8. The van der Waals surface area contributed by atoms with Crippen LogP contribution >= 0.6 is 0 Å². The van der Waals surface area contributed by atoms with Crippen molar-refractivity contribution in [3.63, 3.8) is 0 Å². The summed E-state index contributed by atoms with van der Waals surface area (Å²) in [6.07, 6.45) is 3.51. The number of nitrogens with zero attached hydrogens (tertiary/aromatic N) is 1. The van der Waals surface area contributed by atoms with Crippen molar-refractivity contribution in [1.29, 1.82) is 0 Å². The minimum Gasteiger partial charge on any atom is -0.368 e. The summed E-state index contributed by atoms with van der Waals surface area (Å²) in [6, 6.07) is -0.468. The molecule has 1 unspecified atom stereocenters. The van der Waals surface area contributed by atoms with Crippen LogP contribution in [0.15, 0.2) is 0 Å². The van der Waals surface area contributed by atoms with Crippen LogP contribution in [0.2, 0.25) is 0 Å². The smallest absolute Gasteiger partial charge is 0.240 e. The second-order valence-corrected chi connectivity index (χ2v) is 4.24. The van der Waals surface area contributed by atoms with Gasteiger partial charge in [-0.05, 0) is 32.2 Å². The van der Waals surface area contributed by atoms with Gasteiger partial charge in [0.25, 0.3) is 0 Å². The molecule has 5 nitrogen and oxygen atoms in total. The molecule has 2 amide bonds. The number of nitrogens with one attached hydrogen (secondary N) is 1. The Bertz CT molecular complexity index is 274. The van der Waals surface area contributed by atoms with E-state index in [4.69, 9.17) is 5.73 Å². The second-order valence-electron chi connectivity index (χ2n) is 4.24. The third-order valence-corrected chi connectivity index (χ3v) is 3.22. The predicted molar refractivity (Wildman–Crippen MR) is 55.0 cm³/mol. The van der Waals surface area contributed by atoms with Crippen LogP contribution in [0.4, 0.5) is 0 Å². The van der Waals surface area contributed by atoms with Crippen molar-refractivity contribution >= 4 is 11.8 Å². The summed E-state index contributed by atoms with van der Waals surface area (Å²) in [4.78, 5) is 24.8. The number of primary amides is 1. The van der Waals surface area contributed by atoms with Gasteiger partial charge in [-0.1, -0.05) is 0 Å². The number of rotatable bonds is 2. The Morgan fingerprint density at radius 2 is 2.07 bits per heavy atom. The summed E-state index contributed by atoms with van der Waals surface area (Å²) in [6.45, 7) is 1.57. The van der Waals surface area contributed by atoms with Crippen molar-refractivity contribution < 1.29 is 9.59 Å². The zero-order chi connectivity index (χ0) is 10.8. The molecule has 0 spiro atoms. The zero-order valence-corrected chi connectivity index (χ0v) is 8.74. The maximum atomic E-state index is 12.0. The molecule has 0 radical (unpaired) electrons. The quantitative estimate of drug-likeness (QED) is 0.629. The zero-order valence-electron chi connectivity index (χ0n) is 8.74. The fraction of sp³-hybridized carbons (Fsp3) is 0.800. The first-order valence-electron chi connectivity index (χ1n) is 5.53. The van der Waals surface area contributed by atoms with E-state index in [9.17, 15) is 9.59 Å². The molecule has 84 valence electrons. The summed E-state index contributed by atoms with van der Waals surface area (Å²) in [7, 11) is 0. The first-order valence-corrected chi connectivity index (χ1v) is 5.53. The highest BCUT2D eigenvalue weighted by Crippen LogP contribution is 2.20. The summed E-state index contributed by atoms with van der Waals surface area (Å²) in [5.74, 6) is -0.326. The van der Waals surface area contributed by atoms with E-state index in [-0.39, 0.29) is 23.9 Å². The van der Waals surface area contributed by atoms with E-state index in [0.29, 0.717) is 13.0 Å². The number of carbonyl (C=O) groups excluding carboxylic acids is 2. The molecule has 15 heavy (non-hydrogen) atoms. The minimum absolute atomic E-state index is 0.0498. The number of hydrogen-bond acceptors (Lipinski definition) is 3. The summed E-state index contributed by atoms with van der Waals surface area (Å²) in [5, 5.41) is 3.15. The average Bonchev–Trinajstić information content (AvgIpc) is 2.88. The van der Waals surface area contributed by atoms with Gasteiger partial charge in [0.1, 0.15) is 6.04 Å². The lowest BCUT2D eigenvalue weighted by atomic mass is 10.1. The molecule has 0 aromatic carbocycles. The highest BCUT2D eigenvalue weighted by atomic mass is 16.2. The molecule has 5 heteroatoms. The number of hydrogen-bond donors (Lipinski definition) is 2. The molecule has 0 aromatic heterocycles. The van der Waals surface area contributed by atoms with Crippen molar-refractivity contribution in [2.24, 2.45) is 5.73 Å². The largest absolute Gasteiger partial charge is 0.368 e. The van der Waals surface area contributed by atoms with Crippen LogP contribution in [-0.2, 0) is 9.59 Å². The molecule has 0 saturated carbocycles. The Labute approximate surface area is 89.0 Å². The van der Waals surface area contributed by atoms with Gasteiger partial charge < -0.3 is 16.0 Å². The van der Waals surface area contributed by atoms with Crippen molar-refractivity contribution in [2.75, 3.05) is 13.1 Å². The lowest BCUT2D eigenvalue weighted by Gasteiger charge is -2.25. The molecule has 2 saturated heterocycles. The van der Waals surface area contributed by atoms with Gasteiger partial charge in [0, 0.05) is 6.54 Å². The topological polar surface area (TPSA) is 75.4 Å². The second kappa shape index (κ2) is 4.18. The molecule has 0 aliphatic carbocycles. The molecule has 0 aromatic rings. The Morgan fingerprint density at radius 1 is 1.27 bits per heavy atom. The van der Waals surface area contributed by atoms with Crippen LogP contribution in [0.1, 0.15) is 25.7 Å². The van der Waals surface area contributed by atoms with Crippen molar-refractivity contribution in [2.45, 2.75) is 37.8 Å². The van der Waals surface area contributed by atoms with E-state index in [1.165, 1.54) is 0 Å². The monoisotopic (exact) mass is 211 g/mol. The maximum absolute atomic E-state index is 12.0. The lowest BCUT2D eigenvalue weighted by Crippen LogP contribution is -2.49. The summed E-state index contributed by atoms with van der Waals surface area (Å²) in [5.41, 5.74) is 5.27. The van der Waals surface area contributed by atoms with E-state index < -0.39 is 0 Å². The highest BCUT2D eigenvalue weighted by molar-refractivity contribution is 5.89. The Morgan fingerprint density at radius 3 is 2.67 bits per heavy atom. The van der Waals surface area contributed by atoms with Crippen molar-refractivity contribution in [1.82, 2.24) is 10.2 Å². The van der Waals surface area contributed by atoms with Gasteiger partial charge in [-0.15, -0.1) is 0 Å². The van der Waals surface area contributed by atoms with Gasteiger partial charge >= 0.3 is 0 Å². The molecular formula is C10H17N3O2. The molecule has 2 rings (SSSR count). The number of nitrogens with two attached hydrogens (primary N) is 1. The van der Waals surface area contributed by atoms with Crippen molar-refractivity contribution in [3.8, 4) is 0 Å². The molecule has 2 atom stereocenters. The van der Waals surface area contributed by atoms with Crippen molar-refractivity contribution in [3.05, 3.63) is 0 Å². The molecule has 2 fully saturated rings. The van der Waals surface area contributed by atoms with Crippen LogP contribution in [0.25, 0.3) is 0 Å². The Balaban J connectivity index is 2.02. The van der Waals surface area contributed by atoms with Gasteiger partial charge in [-0.25, -0.2) is 0 Å². The Hall–Kier alpha value is -1.10. The number of carbonyl (C=O) groups is 2. The first-order chi connectivity index (χ1) is 7.20. The highest BCUT2D eigenvalue weighted by Gasteiger charge is 2.36. The minimum atomic E-state index is -0.376. The van der Waals surface area contributed by atoms with Gasteiger partial charge in [0.05, 0.1) is 6.04 Å². The van der Waals surface area contributed by atoms with Gasteiger partial charge in [0.15, 0.2) is 0 Å². The molecule has 0 bridgehead atoms. The maximum Gasteiger partial charge on any atom is 0.240 e. The van der Waals surface area contributed by atoms with Crippen LogP contribution < -0.4 is 11.1 Å². The number of likely N-dealkylation sites (tertiary alicyclic amines) is 1. The average molecular weight is 211 g/mol. The number of amides is 2. The molecule has 2 aliphatic heterocycles. The van der Waals surface area contributed by atoms with Gasteiger partial charge in [-0.3, -0.25) is 9.59 Å². The lowest BCUT2D eigenvalue weighted by molar-refractivity contribution is -0.138. The van der Waals surface area contributed by atoms with Gasteiger partial charge in [0.2, 0.25) is 11.8 Å². The van der Waals surface area contributed by atoms with E-state index >= 15 is 0 Å². The SMILES string of the molecule is NC(=O)C1CCCN1C(=O)[C@H]1CCCN1. The van der Waals surface area contributed by atoms with Crippen LogP contribution in [0.5, 0.6) is 0 Å². The summed E-state index contributed by atoms with van der Waals surface area (Å²) < 4.78 is 0. The third kappa shape index (κ3) is 1.97. The Kier molecular flexibility index (Phi) is 2.90. The predicted octanol–water partition coefficient (Wildman–Crippen LogP) is -0.785. The summed E-state index contributed by atoms with van der Waals surface area (Å²) >= 11 is 0. The van der Waals surface area contributed by atoms with E-state index in [1.54, 1.807) is 4.90 Å². The molecule has 2 heterocycles. The van der Waals surface area contributed by atoms with Crippen LogP contribution in [-0.4, -0.2) is 41.9 Å². The fourth-order valence-electron chi connectivity index (χ4n) is 2.42. The fourth-order valence-corrected chi connectivity index (χ4v) is 2.42. The van der Waals surface area contributed by atoms with E-state index in [1.807, 2.05) is 0 Å². The van der Waals surface area contributed by atoms with E-state index in [2.05, 4.69) is 5.32 Å². The van der Waals surface area contributed by atoms with Crippen LogP contribution in [0.3, 0.4) is 0 Å². The standard InChI is InChI=1S/C10H17N3O2/c11-9(14)8-4-2-6-13(8)10(15)7-3-1-5-12-7/h7-8,12H,1-6H2,(H2,11,14)/t7-,8?/m1/s1. The molecular weight excluding hydrogens is 194 g/mol. The van der Waals surface area contributed by atoms with Gasteiger partial charge in [-0.2, -0.15) is 0 Å². The molecule has 3 N–H and O–H groups in total. The van der Waals surface area contributed by atoms with E-state index in [0.717, 1.165) is 25.8 Å². The van der Waals surface area contributed by atoms with Crippen LogP contribution in [0, 0.1) is 0 Å². The molecule has 2 aliphatic rings. The third-order valence-electron chi connectivity index (χ3n) is 3.22. The first kappa shape index (κ1) is 10.4.